The molecule has 1 aliphatic rings. The number of nitrogens with zero attached hydrogens (tertiary/aromatic N) is 3. The van der Waals surface area contributed by atoms with Crippen molar-refractivity contribution in [2.24, 2.45) is 5.92 Å². The molecule has 1 unspecified atom stereocenters. The largest absolute Gasteiger partial charge is 0.351 e. The molecule has 3 aromatic rings. The van der Waals surface area contributed by atoms with Gasteiger partial charge >= 0.3 is 0 Å². The van der Waals surface area contributed by atoms with Crippen molar-refractivity contribution in [1.82, 2.24) is 15.1 Å². The van der Waals surface area contributed by atoms with E-state index < -0.39 is 5.92 Å². The number of carbonyl (C=O) groups is 2. The summed E-state index contributed by atoms with van der Waals surface area (Å²) in [5.74, 6) is -0.961. The average Bonchev–Trinajstić information content (AvgIpc) is 3.39. The maximum Gasteiger partial charge on any atom is 0.239 e. The second kappa shape index (κ2) is 7.91. The van der Waals surface area contributed by atoms with Gasteiger partial charge in [0.05, 0.1) is 5.69 Å². The summed E-state index contributed by atoms with van der Waals surface area (Å²) in [4.78, 5) is 27.1. The molecular weight excluding hydrogens is 364 g/mol. The monoisotopic (exact) mass is 388 g/mol. The summed E-state index contributed by atoms with van der Waals surface area (Å²) >= 11 is 0. The first-order chi connectivity index (χ1) is 14.0. The molecule has 1 N–H and O–H groups in total. The van der Waals surface area contributed by atoms with Crippen LogP contribution in [-0.4, -0.2) is 28.1 Å². The van der Waals surface area contributed by atoms with Crippen LogP contribution in [0, 0.1) is 19.8 Å². The quantitative estimate of drug-likeness (QED) is 0.683. The molecule has 1 saturated heterocycles. The Morgan fingerprint density at radius 1 is 1.10 bits per heavy atom. The third kappa shape index (κ3) is 3.92. The fraction of sp³-hybridized carbons (Fsp3) is 0.261. The Bertz CT molecular complexity index is 1030. The van der Waals surface area contributed by atoms with E-state index in [4.69, 9.17) is 0 Å². The van der Waals surface area contributed by atoms with Crippen molar-refractivity contribution in [2.45, 2.75) is 26.8 Å². The van der Waals surface area contributed by atoms with Crippen molar-refractivity contribution in [3.8, 4) is 5.69 Å². The van der Waals surface area contributed by atoms with Gasteiger partial charge in [-0.2, -0.15) is 5.10 Å². The van der Waals surface area contributed by atoms with Crippen molar-refractivity contribution in [3.05, 3.63) is 77.6 Å². The summed E-state index contributed by atoms with van der Waals surface area (Å²) in [6, 6.07) is 15.7. The van der Waals surface area contributed by atoms with E-state index in [1.807, 2.05) is 68.6 Å². The molecule has 0 saturated carbocycles. The van der Waals surface area contributed by atoms with Crippen molar-refractivity contribution in [1.29, 1.82) is 0 Å². The van der Waals surface area contributed by atoms with E-state index in [1.165, 1.54) is 5.56 Å². The number of nitrogens with one attached hydrogen (secondary N) is 1. The minimum absolute atomic E-state index is 0.125. The number of aryl methyl sites for hydroxylation is 2. The predicted octanol–water partition coefficient (Wildman–Crippen LogP) is 3.16. The van der Waals surface area contributed by atoms with E-state index >= 15 is 0 Å². The number of rotatable bonds is 5. The highest BCUT2D eigenvalue weighted by Crippen LogP contribution is 2.27. The van der Waals surface area contributed by atoms with Gasteiger partial charge in [0.1, 0.15) is 5.92 Å². The summed E-state index contributed by atoms with van der Waals surface area (Å²) in [6.45, 7) is 5.04. The smallest absolute Gasteiger partial charge is 0.239 e. The average molecular weight is 388 g/mol. The number of benzene rings is 2. The van der Waals surface area contributed by atoms with Gasteiger partial charge in [0.2, 0.25) is 11.8 Å². The van der Waals surface area contributed by atoms with Crippen LogP contribution < -0.4 is 10.2 Å². The molecule has 148 valence electrons. The van der Waals surface area contributed by atoms with Gasteiger partial charge in [-0.25, -0.2) is 4.68 Å². The lowest BCUT2D eigenvalue weighted by Crippen LogP contribution is -2.36. The Labute approximate surface area is 170 Å². The number of anilines is 1. The van der Waals surface area contributed by atoms with E-state index in [2.05, 4.69) is 10.4 Å². The van der Waals surface area contributed by atoms with Crippen molar-refractivity contribution in [3.63, 3.8) is 0 Å². The fourth-order valence-electron chi connectivity index (χ4n) is 3.57. The Balaban J connectivity index is 1.36. The standard InChI is InChI=1S/C23H24N4O2/c1-16-4-7-20(14-17(16)2)26-13-10-21(23(26)29)22(28)24-15-18-5-8-19(9-6-18)27-12-3-11-25-27/h3-9,11-12,14,21H,10,13,15H2,1-2H3,(H,24,28). The van der Waals surface area contributed by atoms with Gasteiger partial charge in [0, 0.05) is 31.2 Å². The van der Waals surface area contributed by atoms with E-state index in [-0.39, 0.29) is 11.8 Å². The molecule has 1 aromatic heterocycles. The van der Waals surface area contributed by atoms with Crippen LogP contribution in [0.5, 0.6) is 0 Å². The summed E-state index contributed by atoms with van der Waals surface area (Å²) in [5, 5.41) is 7.11. The maximum atomic E-state index is 12.8. The first-order valence-corrected chi connectivity index (χ1v) is 9.78. The fourth-order valence-corrected chi connectivity index (χ4v) is 3.57. The van der Waals surface area contributed by atoms with Crippen molar-refractivity contribution in [2.75, 3.05) is 11.4 Å². The summed E-state index contributed by atoms with van der Waals surface area (Å²) in [5.41, 5.74) is 5.13. The van der Waals surface area contributed by atoms with Gasteiger partial charge in [-0.1, -0.05) is 18.2 Å². The maximum absolute atomic E-state index is 12.8. The molecular formula is C23H24N4O2. The van der Waals surface area contributed by atoms with Gasteiger partial charge < -0.3 is 10.2 Å². The molecule has 1 atom stereocenters. The minimum atomic E-state index is -0.625. The van der Waals surface area contributed by atoms with Crippen LogP contribution in [0.15, 0.2) is 60.9 Å². The Kier molecular flexibility index (Phi) is 5.16. The second-order valence-electron chi connectivity index (χ2n) is 7.43. The molecule has 1 fully saturated rings. The van der Waals surface area contributed by atoms with Crippen molar-refractivity contribution >= 4 is 17.5 Å². The third-order valence-electron chi connectivity index (χ3n) is 5.50. The molecule has 0 spiro atoms. The lowest BCUT2D eigenvalue weighted by atomic mass is 10.1. The number of carbonyl (C=O) groups excluding carboxylic acids is 2. The normalized spacial score (nSPS) is 16.3. The van der Waals surface area contributed by atoms with Crippen LogP contribution in [0.4, 0.5) is 5.69 Å². The predicted molar refractivity (Wildman–Crippen MR) is 112 cm³/mol. The first-order valence-electron chi connectivity index (χ1n) is 9.78. The van der Waals surface area contributed by atoms with E-state index in [0.717, 1.165) is 22.5 Å². The number of amides is 2. The Hall–Kier alpha value is -3.41. The van der Waals surface area contributed by atoms with Gasteiger partial charge in [-0.3, -0.25) is 9.59 Å². The third-order valence-corrected chi connectivity index (χ3v) is 5.50. The van der Waals surface area contributed by atoms with Gasteiger partial charge in [-0.05, 0) is 67.3 Å². The summed E-state index contributed by atoms with van der Waals surface area (Å²) in [6.07, 6.45) is 4.15. The van der Waals surface area contributed by atoms with Gasteiger partial charge in [0.15, 0.2) is 0 Å². The SMILES string of the molecule is Cc1ccc(N2CCC(C(=O)NCc3ccc(-n4cccn4)cc3)C2=O)cc1C. The zero-order valence-electron chi connectivity index (χ0n) is 16.6. The number of hydrogen-bond donors (Lipinski definition) is 1. The van der Waals surface area contributed by atoms with E-state index in [1.54, 1.807) is 15.8 Å². The van der Waals surface area contributed by atoms with Crippen LogP contribution in [-0.2, 0) is 16.1 Å². The highest BCUT2D eigenvalue weighted by atomic mass is 16.2. The van der Waals surface area contributed by atoms with Crippen LogP contribution in [0.25, 0.3) is 5.69 Å². The molecule has 6 heteroatoms. The molecule has 29 heavy (non-hydrogen) atoms. The van der Waals surface area contributed by atoms with E-state index in [0.29, 0.717) is 19.5 Å². The molecule has 0 aliphatic carbocycles. The van der Waals surface area contributed by atoms with Crippen LogP contribution in [0.3, 0.4) is 0 Å². The molecule has 1 aliphatic heterocycles. The number of aromatic nitrogens is 2. The lowest BCUT2D eigenvalue weighted by molar-refractivity contribution is -0.132. The molecule has 2 aromatic carbocycles. The molecule has 0 radical (unpaired) electrons. The van der Waals surface area contributed by atoms with Crippen LogP contribution >= 0.6 is 0 Å². The molecule has 2 amide bonds. The molecule has 4 rings (SSSR count). The van der Waals surface area contributed by atoms with Gasteiger partial charge in [-0.15, -0.1) is 0 Å². The zero-order chi connectivity index (χ0) is 20.4. The van der Waals surface area contributed by atoms with Gasteiger partial charge in [0.25, 0.3) is 0 Å². The Morgan fingerprint density at radius 2 is 1.86 bits per heavy atom. The highest BCUT2D eigenvalue weighted by Gasteiger charge is 2.37. The Morgan fingerprint density at radius 3 is 2.55 bits per heavy atom. The van der Waals surface area contributed by atoms with Crippen molar-refractivity contribution < 1.29 is 9.59 Å². The van der Waals surface area contributed by atoms with Crippen LogP contribution in [0.2, 0.25) is 0 Å². The van der Waals surface area contributed by atoms with E-state index in [9.17, 15) is 9.59 Å². The minimum Gasteiger partial charge on any atom is -0.351 e. The first kappa shape index (κ1) is 18.9. The topological polar surface area (TPSA) is 67.2 Å². The molecule has 2 heterocycles. The summed E-state index contributed by atoms with van der Waals surface area (Å²) < 4.78 is 1.78. The zero-order valence-corrected chi connectivity index (χ0v) is 16.6. The summed E-state index contributed by atoms with van der Waals surface area (Å²) in [7, 11) is 0. The second-order valence-corrected chi connectivity index (χ2v) is 7.43. The van der Waals surface area contributed by atoms with Crippen LogP contribution in [0.1, 0.15) is 23.1 Å². The molecule has 6 nitrogen and oxygen atoms in total. The molecule has 0 bridgehead atoms. The highest BCUT2D eigenvalue weighted by molar-refractivity contribution is 6.09. The lowest BCUT2D eigenvalue weighted by Gasteiger charge is -2.18. The number of hydrogen-bond acceptors (Lipinski definition) is 3.